The number of aryl methyl sites for hydroxylation is 1. The van der Waals surface area contributed by atoms with E-state index in [1.54, 1.807) is 11.3 Å². The third-order valence-electron chi connectivity index (χ3n) is 8.40. The number of amides is 1. The minimum absolute atomic E-state index is 0.0878. The Balaban J connectivity index is 1.13. The van der Waals surface area contributed by atoms with Gasteiger partial charge in [0.05, 0.1) is 21.2 Å². The van der Waals surface area contributed by atoms with Crippen LogP contribution in [-0.2, 0) is 10.3 Å². The average Bonchev–Trinajstić information content (AvgIpc) is 3.45. The van der Waals surface area contributed by atoms with Crippen molar-refractivity contribution in [3.05, 3.63) is 59.1 Å². The molecule has 8 heteroatoms. The van der Waals surface area contributed by atoms with E-state index < -0.39 is 0 Å². The van der Waals surface area contributed by atoms with Crippen LogP contribution in [0.1, 0.15) is 44.1 Å². The van der Waals surface area contributed by atoms with Gasteiger partial charge in [0.15, 0.2) is 0 Å². The highest BCUT2D eigenvalue weighted by Gasteiger charge is 2.61. The Hall–Kier alpha value is -2.58. The summed E-state index contributed by atoms with van der Waals surface area (Å²) in [6, 6.07) is 14.5. The summed E-state index contributed by atoms with van der Waals surface area (Å²) in [5, 5.41) is 8.90. The summed E-state index contributed by atoms with van der Waals surface area (Å²) >= 11 is 5.11. The quantitative estimate of drug-likeness (QED) is 0.314. The number of rotatable bonds is 4. The first kappa shape index (κ1) is 21.7. The Labute approximate surface area is 216 Å². The zero-order chi connectivity index (χ0) is 23.8. The standard InChI is InChI=1S/C27H26BrN5OS/c1-16-2-7-21-22(8-16)35-23(31-21)19-3-5-20(6-4-19)30-24(34)26-10-17-9-18(11-26)13-27(12-17,14-26)33-15-29-25(28)32-33/h2-8,15,17-18H,9-14H2,1H3,(H,30,34)/t17-,18+,26?,27?. The van der Waals surface area contributed by atoms with Gasteiger partial charge in [-0.15, -0.1) is 16.4 Å². The molecule has 6 nitrogen and oxygen atoms in total. The van der Waals surface area contributed by atoms with Gasteiger partial charge >= 0.3 is 0 Å². The van der Waals surface area contributed by atoms with E-state index in [2.05, 4.69) is 68.6 Å². The molecule has 2 heterocycles. The number of aromatic nitrogens is 4. The number of nitrogens with one attached hydrogen (secondary N) is 1. The van der Waals surface area contributed by atoms with Gasteiger partial charge in [-0.3, -0.25) is 4.79 Å². The Kier molecular flexibility index (Phi) is 4.77. The van der Waals surface area contributed by atoms with Gasteiger partial charge in [-0.1, -0.05) is 6.07 Å². The smallest absolute Gasteiger partial charge is 0.230 e. The molecule has 35 heavy (non-hydrogen) atoms. The molecule has 1 amide bonds. The lowest BCUT2D eigenvalue weighted by Gasteiger charge is -2.60. The van der Waals surface area contributed by atoms with Crippen LogP contribution in [0.2, 0.25) is 0 Å². The highest BCUT2D eigenvalue weighted by Crippen LogP contribution is 2.64. The second-order valence-electron chi connectivity index (χ2n) is 10.9. The molecule has 4 aromatic rings. The maximum absolute atomic E-state index is 13.8. The SMILES string of the molecule is Cc1ccc2nc(-c3ccc(NC(=O)C45C[C@H]6C[C@@H](C4)CC(n4cnc(Br)n4)(C6)C5)cc3)sc2c1. The van der Waals surface area contributed by atoms with E-state index in [1.165, 1.54) is 16.7 Å². The van der Waals surface area contributed by atoms with Crippen LogP contribution in [0.5, 0.6) is 0 Å². The van der Waals surface area contributed by atoms with Crippen molar-refractivity contribution in [2.75, 3.05) is 5.32 Å². The molecule has 8 rings (SSSR count). The molecule has 4 atom stereocenters. The number of benzene rings is 2. The van der Waals surface area contributed by atoms with Crippen molar-refractivity contribution in [3.8, 4) is 10.6 Å². The van der Waals surface area contributed by atoms with Gasteiger partial charge in [0.1, 0.15) is 11.3 Å². The van der Waals surface area contributed by atoms with Crippen LogP contribution in [0.4, 0.5) is 5.69 Å². The van der Waals surface area contributed by atoms with Crippen LogP contribution in [0.15, 0.2) is 53.5 Å². The number of thiazole rings is 1. The number of hydrogen-bond acceptors (Lipinski definition) is 5. The Morgan fingerprint density at radius 2 is 1.89 bits per heavy atom. The van der Waals surface area contributed by atoms with Gasteiger partial charge in [-0.2, -0.15) is 0 Å². The van der Waals surface area contributed by atoms with Gasteiger partial charge in [-0.05, 0) is 115 Å². The fourth-order valence-corrected chi connectivity index (χ4v) is 8.67. The topological polar surface area (TPSA) is 72.7 Å². The number of hydrogen-bond donors (Lipinski definition) is 1. The Morgan fingerprint density at radius 1 is 1.11 bits per heavy atom. The van der Waals surface area contributed by atoms with Crippen molar-refractivity contribution in [2.45, 2.75) is 51.0 Å². The molecule has 1 N–H and O–H groups in total. The van der Waals surface area contributed by atoms with E-state index in [0.717, 1.165) is 53.9 Å². The molecular formula is C27H26BrN5OS. The number of nitrogens with zero attached hydrogens (tertiary/aromatic N) is 4. The highest BCUT2D eigenvalue weighted by atomic mass is 79.9. The number of carbonyl (C=O) groups is 1. The molecule has 4 fully saturated rings. The van der Waals surface area contributed by atoms with Crippen LogP contribution < -0.4 is 5.32 Å². The van der Waals surface area contributed by atoms with Crippen LogP contribution in [0, 0.1) is 24.2 Å². The van der Waals surface area contributed by atoms with E-state index >= 15 is 0 Å². The summed E-state index contributed by atoms with van der Waals surface area (Å²) in [5.41, 5.74) is 3.79. The largest absolute Gasteiger partial charge is 0.326 e. The fraction of sp³-hybridized carbons (Fsp3) is 0.407. The van der Waals surface area contributed by atoms with Gasteiger partial charge in [-0.25, -0.2) is 14.6 Å². The molecule has 4 aliphatic rings. The molecule has 4 aliphatic carbocycles. The number of carbonyl (C=O) groups excluding carboxylic acids is 1. The summed E-state index contributed by atoms with van der Waals surface area (Å²) in [6.07, 6.45) is 8.09. The minimum atomic E-state index is -0.327. The van der Waals surface area contributed by atoms with Crippen molar-refractivity contribution >= 4 is 49.1 Å². The maximum Gasteiger partial charge on any atom is 0.230 e. The van der Waals surface area contributed by atoms with Crippen molar-refractivity contribution in [1.29, 1.82) is 0 Å². The summed E-state index contributed by atoms with van der Waals surface area (Å²) in [5.74, 6) is 1.32. The first-order chi connectivity index (χ1) is 16.9. The molecule has 2 aromatic carbocycles. The fourth-order valence-electron chi connectivity index (χ4n) is 7.33. The third kappa shape index (κ3) is 3.56. The van der Waals surface area contributed by atoms with Crippen LogP contribution >= 0.6 is 27.3 Å². The second kappa shape index (κ2) is 7.71. The molecule has 4 saturated carbocycles. The summed E-state index contributed by atoms with van der Waals surface area (Å²) < 4.78 is 3.87. The third-order valence-corrected chi connectivity index (χ3v) is 9.83. The molecule has 178 valence electrons. The van der Waals surface area contributed by atoms with Gasteiger partial charge in [0.25, 0.3) is 0 Å². The average molecular weight is 549 g/mol. The molecule has 0 aliphatic heterocycles. The lowest BCUT2D eigenvalue weighted by molar-refractivity contribution is -0.150. The van der Waals surface area contributed by atoms with Crippen LogP contribution in [-0.4, -0.2) is 25.7 Å². The normalized spacial score (nSPS) is 29.1. The molecule has 0 saturated heterocycles. The summed E-state index contributed by atoms with van der Waals surface area (Å²) in [7, 11) is 0. The van der Waals surface area contributed by atoms with E-state index in [0.29, 0.717) is 16.6 Å². The lowest BCUT2D eigenvalue weighted by Crippen LogP contribution is -2.60. The molecule has 0 spiro atoms. The van der Waals surface area contributed by atoms with Crippen molar-refractivity contribution < 1.29 is 4.79 Å². The molecule has 4 bridgehead atoms. The number of halogens is 1. The van der Waals surface area contributed by atoms with E-state index in [9.17, 15) is 4.79 Å². The summed E-state index contributed by atoms with van der Waals surface area (Å²) in [4.78, 5) is 22.9. The molecule has 2 unspecified atom stereocenters. The second-order valence-corrected chi connectivity index (χ2v) is 12.7. The number of anilines is 1. The van der Waals surface area contributed by atoms with Crippen LogP contribution in [0.25, 0.3) is 20.8 Å². The Morgan fingerprint density at radius 3 is 2.60 bits per heavy atom. The van der Waals surface area contributed by atoms with Gasteiger partial charge in [0, 0.05) is 11.3 Å². The lowest BCUT2D eigenvalue weighted by atomic mass is 9.46. The molecular weight excluding hydrogens is 522 g/mol. The number of fused-ring (bicyclic) bond motifs is 1. The maximum atomic E-state index is 13.8. The van der Waals surface area contributed by atoms with Crippen molar-refractivity contribution in [1.82, 2.24) is 19.7 Å². The first-order valence-corrected chi connectivity index (χ1v) is 13.9. The minimum Gasteiger partial charge on any atom is -0.326 e. The monoisotopic (exact) mass is 547 g/mol. The van der Waals surface area contributed by atoms with Gasteiger partial charge in [0.2, 0.25) is 10.6 Å². The summed E-state index contributed by atoms with van der Waals surface area (Å²) in [6.45, 7) is 2.10. The zero-order valence-corrected chi connectivity index (χ0v) is 21.9. The van der Waals surface area contributed by atoms with Crippen LogP contribution in [0.3, 0.4) is 0 Å². The van der Waals surface area contributed by atoms with E-state index in [4.69, 9.17) is 4.98 Å². The molecule has 0 radical (unpaired) electrons. The zero-order valence-electron chi connectivity index (χ0n) is 19.5. The van der Waals surface area contributed by atoms with E-state index in [1.807, 2.05) is 23.1 Å². The van der Waals surface area contributed by atoms with Crippen molar-refractivity contribution in [2.24, 2.45) is 17.3 Å². The molecule has 2 aromatic heterocycles. The highest BCUT2D eigenvalue weighted by molar-refractivity contribution is 9.10. The van der Waals surface area contributed by atoms with Gasteiger partial charge < -0.3 is 5.32 Å². The predicted octanol–water partition coefficient (Wildman–Crippen LogP) is 6.56. The Bertz CT molecular complexity index is 1440. The van der Waals surface area contributed by atoms with E-state index in [-0.39, 0.29) is 16.9 Å². The predicted molar refractivity (Wildman–Crippen MR) is 141 cm³/mol. The van der Waals surface area contributed by atoms with Crippen molar-refractivity contribution in [3.63, 3.8) is 0 Å². The first-order valence-electron chi connectivity index (χ1n) is 12.3.